The smallest absolute Gasteiger partial charge is 0.250 e. The number of ether oxygens (including phenoxy) is 1. The lowest BCUT2D eigenvalue weighted by Crippen LogP contribution is -2.54. The third-order valence-electron chi connectivity index (χ3n) is 6.74. The van der Waals surface area contributed by atoms with Gasteiger partial charge in [0.15, 0.2) is 0 Å². The summed E-state index contributed by atoms with van der Waals surface area (Å²) in [6, 6.07) is 11.4. The molecule has 0 aromatic heterocycles. The van der Waals surface area contributed by atoms with Crippen molar-refractivity contribution in [3.8, 4) is 5.75 Å². The van der Waals surface area contributed by atoms with Gasteiger partial charge in [-0.3, -0.25) is 24.6 Å². The third kappa shape index (κ3) is 2.73. The Morgan fingerprint density at radius 1 is 1.16 bits per heavy atom. The minimum atomic E-state index is -1.48. The molecule has 0 bridgehead atoms. The van der Waals surface area contributed by atoms with E-state index in [1.807, 2.05) is 0 Å². The molecule has 3 heterocycles. The summed E-state index contributed by atoms with van der Waals surface area (Å²) in [6.45, 7) is 1.62. The predicted molar refractivity (Wildman–Crippen MR) is 116 cm³/mol. The van der Waals surface area contributed by atoms with Gasteiger partial charge in [0.2, 0.25) is 17.7 Å². The van der Waals surface area contributed by atoms with Crippen molar-refractivity contribution in [2.75, 3.05) is 12.4 Å². The number of carbonyl (C=O) groups excluding carboxylic acids is 3. The van der Waals surface area contributed by atoms with Crippen LogP contribution in [-0.2, 0) is 26.5 Å². The monoisotopic (exact) mass is 455 g/mol. The Morgan fingerprint density at radius 2 is 1.88 bits per heavy atom. The Balaban J connectivity index is 1.58. The highest BCUT2D eigenvalue weighted by atomic mass is 35.5. The fourth-order valence-electron chi connectivity index (χ4n) is 5.27. The summed E-state index contributed by atoms with van der Waals surface area (Å²) in [4.78, 5) is 41.6. The molecule has 3 N–H and O–H groups in total. The quantitative estimate of drug-likeness (QED) is 0.605. The number of halogens is 1. The molecule has 0 unspecified atom stereocenters. The van der Waals surface area contributed by atoms with Crippen LogP contribution in [0.2, 0.25) is 5.02 Å². The van der Waals surface area contributed by atoms with Crippen molar-refractivity contribution in [2.45, 2.75) is 31.2 Å². The van der Waals surface area contributed by atoms with Crippen LogP contribution in [0.25, 0.3) is 0 Å². The molecule has 3 aliphatic rings. The van der Waals surface area contributed by atoms with Gasteiger partial charge in [0.1, 0.15) is 11.3 Å². The van der Waals surface area contributed by atoms with Crippen LogP contribution < -0.4 is 15.4 Å². The number of aliphatic hydroxyl groups is 1. The van der Waals surface area contributed by atoms with Crippen molar-refractivity contribution in [3.05, 3.63) is 58.6 Å². The van der Waals surface area contributed by atoms with Crippen LogP contribution >= 0.6 is 11.6 Å². The van der Waals surface area contributed by atoms with E-state index in [9.17, 15) is 19.5 Å². The number of likely N-dealkylation sites (tertiary alicyclic amines) is 1. The zero-order valence-corrected chi connectivity index (χ0v) is 18.2. The number of para-hydroxylation sites is 1. The number of nitrogens with one attached hydrogen (secondary N) is 2. The normalized spacial score (nSPS) is 29.3. The lowest BCUT2D eigenvalue weighted by atomic mass is 9.76. The van der Waals surface area contributed by atoms with Crippen molar-refractivity contribution in [1.82, 2.24) is 10.2 Å². The van der Waals surface area contributed by atoms with Crippen molar-refractivity contribution < 1.29 is 24.2 Å². The van der Waals surface area contributed by atoms with E-state index < -0.39 is 47.2 Å². The summed E-state index contributed by atoms with van der Waals surface area (Å²) in [7, 11) is 1.56. The van der Waals surface area contributed by atoms with E-state index in [1.165, 1.54) is 4.90 Å². The first-order valence-electron chi connectivity index (χ1n) is 10.3. The fourth-order valence-corrected chi connectivity index (χ4v) is 5.49. The van der Waals surface area contributed by atoms with Gasteiger partial charge in [0.05, 0.1) is 42.3 Å². The third-order valence-corrected chi connectivity index (χ3v) is 7.06. The van der Waals surface area contributed by atoms with Crippen LogP contribution in [-0.4, -0.2) is 47.0 Å². The minimum absolute atomic E-state index is 0.0707. The number of carbonyl (C=O) groups is 3. The molecular weight excluding hydrogens is 434 g/mol. The highest BCUT2D eigenvalue weighted by molar-refractivity contribution is 6.35. The first kappa shape index (κ1) is 20.9. The van der Waals surface area contributed by atoms with Gasteiger partial charge < -0.3 is 15.2 Å². The van der Waals surface area contributed by atoms with E-state index >= 15 is 0 Å². The van der Waals surface area contributed by atoms with Gasteiger partial charge in [0, 0.05) is 11.6 Å². The number of hydrogen-bond acceptors (Lipinski definition) is 6. The number of imide groups is 1. The first-order chi connectivity index (χ1) is 15.3. The van der Waals surface area contributed by atoms with Gasteiger partial charge in [0.25, 0.3) is 0 Å². The van der Waals surface area contributed by atoms with Crippen molar-refractivity contribution >= 4 is 35.0 Å². The average molecular weight is 456 g/mol. The number of benzene rings is 2. The van der Waals surface area contributed by atoms with Gasteiger partial charge in [-0.2, -0.15) is 0 Å². The predicted octanol–water partition coefficient (Wildman–Crippen LogP) is 1.65. The number of anilines is 1. The number of hydrogen-bond donors (Lipinski definition) is 3. The Labute approximate surface area is 189 Å². The minimum Gasteiger partial charge on any atom is -0.497 e. The molecule has 0 radical (unpaired) electrons. The van der Waals surface area contributed by atoms with Crippen LogP contribution in [0.5, 0.6) is 5.75 Å². The zero-order chi connectivity index (χ0) is 22.8. The van der Waals surface area contributed by atoms with Gasteiger partial charge in [-0.1, -0.05) is 35.9 Å². The molecule has 3 aliphatic heterocycles. The molecule has 3 amide bonds. The van der Waals surface area contributed by atoms with E-state index in [2.05, 4.69) is 10.6 Å². The number of rotatable bonds is 4. The summed E-state index contributed by atoms with van der Waals surface area (Å²) in [5, 5.41) is 16.7. The van der Waals surface area contributed by atoms with Gasteiger partial charge in [-0.15, -0.1) is 0 Å². The lowest BCUT2D eigenvalue weighted by molar-refractivity contribution is -0.143. The molecule has 9 heteroatoms. The highest BCUT2D eigenvalue weighted by Crippen LogP contribution is 2.54. The zero-order valence-electron chi connectivity index (χ0n) is 17.5. The molecule has 0 aliphatic carbocycles. The Hall–Kier alpha value is -2.94. The van der Waals surface area contributed by atoms with E-state index in [1.54, 1.807) is 56.5 Å². The molecular formula is C23H22ClN3O5. The molecule has 166 valence electrons. The van der Waals surface area contributed by atoms with Gasteiger partial charge >= 0.3 is 0 Å². The average Bonchev–Trinajstić information content (AvgIpc) is 3.36. The molecule has 5 atom stereocenters. The number of fused-ring (bicyclic) bond motifs is 4. The molecule has 5 rings (SSSR count). The van der Waals surface area contributed by atoms with E-state index in [-0.39, 0.29) is 6.54 Å². The molecule has 2 saturated heterocycles. The Morgan fingerprint density at radius 3 is 2.53 bits per heavy atom. The second-order valence-corrected chi connectivity index (χ2v) is 8.86. The maximum atomic E-state index is 13.6. The first-order valence-corrected chi connectivity index (χ1v) is 10.7. The van der Waals surface area contributed by atoms with Crippen LogP contribution in [0.15, 0.2) is 42.5 Å². The van der Waals surface area contributed by atoms with Gasteiger partial charge in [-0.25, -0.2) is 0 Å². The molecule has 0 saturated carbocycles. The van der Waals surface area contributed by atoms with Crippen LogP contribution in [0, 0.1) is 11.8 Å². The number of amides is 3. The number of methoxy groups -OCH3 is 1. The topological polar surface area (TPSA) is 108 Å². The standard InChI is InChI=1S/C23H22ClN3O5/c1-11(28)18-16-17(23(26-18)14-4-3-5-15(24)19(14)25-22(23)31)21(30)27(20(16)29)10-12-6-8-13(32-2)9-7-12/h3-9,11,16-18,26,28H,10H2,1-2H3,(H,25,31)/t11-,16-,17+,18+,23+/m0/s1. The molecule has 2 aromatic carbocycles. The summed E-state index contributed by atoms with van der Waals surface area (Å²) >= 11 is 6.30. The van der Waals surface area contributed by atoms with Crippen LogP contribution in [0.3, 0.4) is 0 Å². The molecule has 8 nitrogen and oxygen atoms in total. The lowest BCUT2D eigenvalue weighted by Gasteiger charge is -2.30. The van der Waals surface area contributed by atoms with Crippen molar-refractivity contribution in [3.63, 3.8) is 0 Å². The van der Waals surface area contributed by atoms with Crippen molar-refractivity contribution in [2.24, 2.45) is 11.8 Å². The van der Waals surface area contributed by atoms with E-state index in [4.69, 9.17) is 16.3 Å². The summed E-state index contributed by atoms with van der Waals surface area (Å²) in [5.74, 6) is -2.52. The van der Waals surface area contributed by atoms with Crippen LogP contribution in [0.1, 0.15) is 18.1 Å². The SMILES string of the molecule is COc1ccc(CN2C(=O)[C@@H]3[C@@H]([C@H](C)O)N[C@@]4(C(=O)Nc5c(Cl)cccc54)[C@H]3C2=O)cc1. The van der Waals surface area contributed by atoms with E-state index in [0.717, 1.165) is 5.56 Å². The number of aliphatic hydroxyl groups excluding tert-OH is 1. The molecule has 1 spiro atoms. The van der Waals surface area contributed by atoms with E-state index in [0.29, 0.717) is 22.0 Å². The summed E-state index contributed by atoms with van der Waals surface area (Å²) < 4.78 is 5.16. The largest absolute Gasteiger partial charge is 0.497 e. The maximum Gasteiger partial charge on any atom is 0.250 e. The van der Waals surface area contributed by atoms with Gasteiger partial charge in [-0.05, 0) is 30.7 Å². The Kier molecular flexibility index (Phi) is 4.77. The molecule has 2 fully saturated rings. The van der Waals surface area contributed by atoms with Crippen LogP contribution in [0.4, 0.5) is 5.69 Å². The maximum absolute atomic E-state index is 13.6. The fraction of sp³-hybridized carbons (Fsp3) is 0.348. The summed E-state index contributed by atoms with van der Waals surface area (Å²) in [5.41, 5.74) is 0.210. The Bertz CT molecular complexity index is 1130. The molecule has 32 heavy (non-hydrogen) atoms. The molecule has 2 aromatic rings. The number of nitrogens with zero attached hydrogens (tertiary/aromatic N) is 1. The second-order valence-electron chi connectivity index (χ2n) is 8.45. The highest BCUT2D eigenvalue weighted by Gasteiger charge is 2.71. The summed E-state index contributed by atoms with van der Waals surface area (Å²) in [6.07, 6.45) is -0.962. The van der Waals surface area contributed by atoms with Crippen molar-refractivity contribution in [1.29, 1.82) is 0 Å². The second kappa shape index (κ2) is 7.30.